The Balaban J connectivity index is 2.62. The summed E-state index contributed by atoms with van der Waals surface area (Å²) in [7, 11) is 0. The third-order valence-electron chi connectivity index (χ3n) is 3.37. The number of rotatable bonds is 10. The Morgan fingerprint density at radius 3 is 2.60 bits per heavy atom. The zero-order chi connectivity index (χ0) is 14.8. The highest BCUT2D eigenvalue weighted by Gasteiger charge is 2.15. The summed E-state index contributed by atoms with van der Waals surface area (Å²) >= 11 is 3.64. The molecule has 114 valence electrons. The van der Waals surface area contributed by atoms with Gasteiger partial charge in [0.25, 0.3) is 0 Å². The zero-order valence-electron chi connectivity index (χ0n) is 13.0. The molecule has 1 aromatic rings. The molecule has 3 heteroatoms. The molecule has 0 aromatic heterocycles. The summed E-state index contributed by atoms with van der Waals surface area (Å²) in [5, 5.41) is 3.47. The van der Waals surface area contributed by atoms with Crippen molar-refractivity contribution in [3.05, 3.63) is 34.3 Å². The quantitative estimate of drug-likeness (QED) is 0.608. The molecular weight excluding hydrogens is 314 g/mol. The summed E-state index contributed by atoms with van der Waals surface area (Å²) in [6.45, 7) is 9.41. The average molecular weight is 342 g/mol. The molecule has 1 N–H and O–H groups in total. The lowest BCUT2D eigenvalue weighted by atomic mass is 10.1. The highest BCUT2D eigenvalue weighted by atomic mass is 79.9. The highest BCUT2D eigenvalue weighted by Crippen LogP contribution is 2.26. The van der Waals surface area contributed by atoms with Crippen LogP contribution in [0, 0.1) is 5.92 Å². The van der Waals surface area contributed by atoms with Gasteiger partial charge < -0.3 is 10.1 Å². The van der Waals surface area contributed by atoms with Gasteiger partial charge in [-0.2, -0.15) is 0 Å². The molecule has 0 aliphatic rings. The van der Waals surface area contributed by atoms with Crippen LogP contribution in [-0.4, -0.2) is 19.7 Å². The molecule has 0 saturated carbocycles. The van der Waals surface area contributed by atoms with Gasteiger partial charge in [0.15, 0.2) is 0 Å². The van der Waals surface area contributed by atoms with E-state index in [0.717, 1.165) is 30.6 Å². The van der Waals surface area contributed by atoms with Crippen LogP contribution in [0.25, 0.3) is 0 Å². The topological polar surface area (TPSA) is 21.3 Å². The van der Waals surface area contributed by atoms with Crippen LogP contribution >= 0.6 is 15.9 Å². The second-order valence-corrected chi connectivity index (χ2v) is 6.30. The van der Waals surface area contributed by atoms with E-state index in [0.29, 0.717) is 5.92 Å². The van der Waals surface area contributed by atoms with E-state index < -0.39 is 0 Å². The highest BCUT2D eigenvalue weighted by molar-refractivity contribution is 9.10. The zero-order valence-corrected chi connectivity index (χ0v) is 14.6. The Kier molecular flexibility index (Phi) is 9.16. The van der Waals surface area contributed by atoms with Gasteiger partial charge in [-0.1, -0.05) is 61.3 Å². The minimum absolute atomic E-state index is 0.122. The van der Waals surface area contributed by atoms with Crippen molar-refractivity contribution < 1.29 is 4.74 Å². The van der Waals surface area contributed by atoms with Gasteiger partial charge in [-0.3, -0.25) is 0 Å². The first-order chi connectivity index (χ1) is 9.69. The minimum Gasteiger partial charge on any atom is -0.372 e. The van der Waals surface area contributed by atoms with Gasteiger partial charge in [0.2, 0.25) is 0 Å². The number of nitrogens with one attached hydrogen (secondary N) is 1. The third kappa shape index (κ3) is 6.38. The number of benzene rings is 1. The van der Waals surface area contributed by atoms with Crippen LogP contribution in [0.4, 0.5) is 0 Å². The molecule has 20 heavy (non-hydrogen) atoms. The molecule has 0 aliphatic heterocycles. The summed E-state index contributed by atoms with van der Waals surface area (Å²) in [6, 6.07) is 8.35. The molecule has 0 fully saturated rings. The Hall–Kier alpha value is -0.380. The first kappa shape index (κ1) is 17.7. The first-order valence-electron chi connectivity index (χ1n) is 7.75. The van der Waals surface area contributed by atoms with Crippen molar-refractivity contribution in [2.45, 2.75) is 46.1 Å². The SMILES string of the molecule is CCCNCC(OCC(C)CCC)c1ccccc1Br. The summed E-state index contributed by atoms with van der Waals surface area (Å²) in [6.07, 6.45) is 3.72. The Morgan fingerprint density at radius 1 is 1.20 bits per heavy atom. The molecule has 0 heterocycles. The van der Waals surface area contributed by atoms with E-state index in [-0.39, 0.29) is 6.10 Å². The molecule has 1 aromatic carbocycles. The molecule has 2 nitrogen and oxygen atoms in total. The number of hydrogen-bond acceptors (Lipinski definition) is 2. The van der Waals surface area contributed by atoms with Gasteiger partial charge in [0.1, 0.15) is 0 Å². The van der Waals surface area contributed by atoms with Crippen molar-refractivity contribution in [1.29, 1.82) is 0 Å². The standard InChI is InChI=1S/C17H28BrNO/c1-4-8-14(3)13-20-17(12-19-11-5-2)15-9-6-7-10-16(15)18/h6-7,9-10,14,17,19H,4-5,8,11-13H2,1-3H3. The Morgan fingerprint density at radius 2 is 1.95 bits per heavy atom. The van der Waals surface area contributed by atoms with Crippen molar-refractivity contribution in [1.82, 2.24) is 5.32 Å². The van der Waals surface area contributed by atoms with Crippen LogP contribution in [0.5, 0.6) is 0 Å². The maximum absolute atomic E-state index is 6.18. The molecule has 2 unspecified atom stereocenters. The minimum atomic E-state index is 0.122. The molecule has 2 atom stereocenters. The van der Waals surface area contributed by atoms with Gasteiger partial charge in [-0.15, -0.1) is 0 Å². The van der Waals surface area contributed by atoms with Crippen molar-refractivity contribution in [3.8, 4) is 0 Å². The van der Waals surface area contributed by atoms with Crippen LogP contribution in [0.15, 0.2) is 28.7 Å². The van der Waals surface area contributed by atoms with E-state index in [4.69, 9.17) is 4.74 Å². The smallest absolute Gasteiger partial charge is 0.0960 e. The van der Waals surface area contributed by atoms with Crippen LogP contribution in [-0.2, 0) is 4.74 Å². The van der Waals surface area contributed by atoms with E-state index in [1.807, 2.05) is 6.07 Å². The van der Waals surface area contributed by atoms with Crippen LogP contribution in [0.2, 0.25) is 0 Å². The lowest BCUT2D eigenvalue weighted by molar-refractivity contribution is 0.0296. The summed E-state index contributed by atoms with van der Waals surface area (Å²) < 4.78 is 7.31. The monoisotopic (exact) mass is 341 g/mol. The number of ether oxygens (including phenoxy) is 1. The van der Waals surface area contributed by atoms with Crippen LogP contribution in [0.3, 0.4) is 0 Å². The van der Waals surface area contributed by atoms with Crippen molar-refractivity contribution >= 4 is 15.9 Å². The van der Waals surface area contributed by atoms with E-state index in [1.54, 1.807) is 0 Å². The van der Waals surface area contributed by atoms with E-state index in [1.165, 1.54) is 18.4 Å². The van der Waals surface area contributed by atoms with Crippen LogP contribution in [0.1, 0.15) is 51.7 Å². The summed E-state index contributed by atoms with van der Waals surface area (Å²) in [5.74, 6) is 0.621. The van der Waals surface area contributed by atoms with Gasteiger partial charge >= 0.3 is 0 Å². The van der Waals surface area contributed by atoms with Gasteiger partial charge in [0.05, 0.1) is 12.7 Å². The van der Waals surface area contributed by atoms with Crippen molar-refractivity contribution in [2.24, 2.45) is 5.92 Å². The van der Waals surface area contributed by atoms with Crippen molar-refractivity contribution in [2.75, 3.05) is 19.7 Å². The molecular formula is C17H28BrNO. The normalized spacial score (nSPS) is 14.2. The largest absolute Gasteiger partial charge is 0.372 e. The predicted octanol–water partition coefficient (Wildman–Crippen LogP) is 4.94. The molecule has 0 spiro atoms. The first-order valence-corrected chi connectivity index (χ1v) is 8.55. The molecule has 0 aliphatic carbocycles. The fraction of sp³-hybridized carbons (Fsp3) is 0.647. The maximum atomic E-state index is 6.18. The lowest BCUT2D eigenvalue weighted by Crippen LogP contribution is -2.25. The Bertz CT molecular complexity index is 370. The average Bonchev–Trinajstić information content (AvgIpc) is 2.44. The van der Waals surface area contributed by atoms with Crippen LogP contribution < -0.4 is 5.32 Å². The molecule has 0 amide bonds. The fourth-order valence-electron chi connectivity index (χ4n) is 2.26. The van der Waals surface area contributed by atoms with E-state index in [9.17, 15) is 0 Å². The van der Waals surface area contributed by atoms with Gasteiger partial charge in [-0.25, -0.2) is 0 Å². The Labute approximate surface area is 132 Å². The predicted molar refractivity (Wildman–Crippen MR) is 90.1 cm³/mol. The second-order valence-electron chi connectivity index (χ2n) is 5.44. The molecule has 0 saturated heterocycles. The lowest BCUT2D eigenvalue weighted by Gasteiger charge is -2.22. The number of hydrogen-bond donors (Lipinski definition) is 1. The third-order valence-corrected chi connectivity index (χ3v) is 4.09. The number of halogens is 1. The van der Waals surface area contributed by atoms with Gasteiger partial charge in [0, 0.05) is 11.0 Å². The van der Waals surface area contributed by atoms with Gasteiger partial charge in [-0.05, 0) is 36.9 Å². The van der Waals surface area contributed by atoms with E-state index >= 15 is 0 Å². The van der Waals surface area contributed by atoms with Crippen molar-refractivity contribution in [3.63, 3.8) is 0 Å². The summed E-state index contributed by atoms with van der Waals surface area (Å²) in [5.41, 5.74) is 1.24. The van der Waals surface area contributed by atoms with E-state index in [2.05, 4.69) is 60.2 Å². The maximum Gasteiger partial charge on any atom is 0.0960 e. The summed E-state index contributed by atoms with van der Waals surface area (Å²) in [4.78, 5) is 0. The molecule has 1 rings (SSSR count). The molecule has 0 radical (unpaired) electrons. The fourth-order valence-corrected chi connectivity index (χ4v) is 2.80. The molecule has 0 bridgehead atoms. The second kappa shape index (κ2) is 10.4.